The summed E-state index contributed by atoms with van der Waals surface area (Å²) in [4.78, 5) is 21.7. The SMILES string of the molecule is CC(=O)OC(C)C(=O)OC(C)(C)C. The molecule has 0 N–H and O–H groups in total. The Bertz CT molecular complexity index is 202. The first-order chi connectivity index (χ1) is 5.72. The van der Waals surface area contributed by atoms with Crippen molar-refractivity contribution < 1.29 is 19.1 Å². The van der Waals surface area contributed by atoms with Crippen LogP contribution in [0.3, 0.4) is 0 Å². The zero-order valence-corrected chi connectivity index (χ0v) is 8.71. The standard InChI is InChI=1S/C9H16O4/c1-6(12-7(2)10)8(11)13-9(3,4)5/h6H,1-5H3. The molecule has 0 amide bonds. The Morgan fingerprint density at radius 3 is 2.00 bits per heavy atom. The number of hydrogen-bond donors (Lipinski definition) is 0. The van der Waals surface area contributed by atoms with Crippen molar-refractivity contribution in [3.05, 3.63) is 0 Å². The van der Waals surface area contributed by atoms with Gasteiger partial charge in [-0.3, -0.25) is 4.79 Å². The summed E-state index contributed by atoms with van der Waals surface area (Å²) in [7, 11) is 0. The highest BCUT2D eigenvalue weighted by Gasteiger charge is 2.23. The van der Waals surface area contributed by atoms with Crippen LogP contribution in [0.2, 0.25) is 0 Å². The Morgan fingerprint density at radius 2 is 1.69 bits per heavy atom. The van der Waals surface area contributed by atoms with Gasteiger partial charge in [0.25, 0.3) is 0 Å². The van der Waals surface area contributed by atoms with E-state index in [9.17, 15) is 9.59 Å². The molecule has 0 aliphatic heterocycles. The van der Waals surface area contributed by atoms with E-state index in [0.29, 0.717) is 0 Å². The average Bonchev–Trinajstić information content (AvgIpc) is 1.81. The molecular weight excluding hydrogens is 172 g/mol. The molecule has 1 unspecified atom stereocenters. The van der Waals surface area contributed by atoms with Crippen LogP contribution < -0.4 is 0 Å². The van der Waals surface area contributed by atoms with E-state index in [2.05, 4.69) is 4.74 Å². The van der Waals surface area contributed by atoms with Crippen LogP contribution in [-0.2, 0) is 19.1 Å². The predicted molar refractivity (Wildman–Crippen MR) is 47.1 cm³/mol. The van der Waals surface area contributed by atoms with Crippen molar-refractivity contribution in [2.24, 2.45) is 0 Å². The molecule has 0 spiro atoms. The zero-order chi connectivity index (χ0) is 10.6. The second kappa shape index (κ2) is 4.25. The third-order valence-electron chi connectivity index (χ3n) is 1.08. The van der Waals surface area contributed by atoms with Gasteiger partial charge in [-0.25, -0.2) is 4.79 Å². The normalized spacial score (nSPS) is 13.3. The third kappa shape index (κ3) is 6.13. The molecule has 0 aliphatic rings. The van der Waals surface area contributed by atoms with Gasteiger partial charge < -0.3 is 9.47 Å². The van der Waals surface area contributed by atoms with Gasteiger partial charge in [0.1, 0.15) is 5.60 Å². The summed E-state index contributed by atoms with van der Waals surface area (Å²) in [5, 5.41) is 0. The van der Waals surface area contributed by atoms with Crippen LogP contribution in [-0.4, -0.2) is 23.6 Å². The first-order valence-corrected chi connectivity index (χ1v) is 4.12. The number of hydrogen-bond acceptors (Lipinski definition) is 4. The van der Waals surface area contributed by atoms with Crippen molar-refractivity contribution in [3.63, 3.8) is 0 Å². The van der Waals surface area contributed by atoms with Gasteiger partial charge in [-0.2, -0.15) is 0 Å². The summed E-state index contributed by atoms with van der Waals surface area (Å²) in [6, 6.07) is 0. The van der Waals surface area contributed by atoms with Crippen LogP contribution in [0.25, 0.3) is 0 Å². The minimum absolute atomic E-state index is 0.488. The molecule has 0 fully saturated rings. The minimum Gasteiger partial charge on any atom is -0.457 e. The van der Waals surface area contributed by atoms with Crippen LogP contribution in [0.5, 0.6) is 0 Å². The molecule has 0 radical (unpaired) electrons. The highest BCUT2D eigenvalue weighted by Crippen LogP contribution is 2.09. The number of esters is 2. The van der Waals surface area contributed by atoms with Gasteiger partial charge in [0.05, 0.1) is 0 Å². The quantitative estimate of drug-likeness (QED) is 0.612. The maximum Gasteiger partial charge on any atom is 0.347 e. The van der Waals surface area contributed by atoms with Crippen LogP contribution in [0.4, 0.5) is 0 Å². The molecule has 0 saturated carbocycles. The summed E-state index contributed by atoms with van der Waals surface area (Å²) in [6.45, 7) is 8.00. The lowest BCUT2D eigenvalue weighted by molar-refractivity contribution is -0.173. The molecule has 0 aromatic heterocycles. The van der Waals surface area contributed by atoms with Crippen LogP contribution >= 0.6 is 0 Å². The van der Waals surface area contributed by atoms with E-state index in [0.717, 1.165) is 0 Å². The fraction of sp³-hybridized carbons (Fsp3) is 0.778. The average molecular weight is 188 g/mol. The summed E-state index contributed by atoms with van der Waals surface area (Å²) in [6.07, 6.45) is -0.836. The topological polar surface area (TPSA) is 52.6 Å². The molecule has 13 heavy (non-hydrogen) atoms. The second-order valence-corrected chi connectivity index (χ2v) is 3.79. The fourth-order valence-corrected chi connectivity index (χ4v) is 0.682. The Balaban J connectivity index is 4.05. The zero-order valence-electron chi connectivity index (χ0n) is 8.71. The highest BCUT2D eigenvalue weighted by atomic mass is 16.6. The van der Waals surface area contributed by atoms with Gasteiger partial charge in [-0.15, -0.1) is 0 Å². The summed E-state index contributed by atoms with van der Waals surface area (Å²) in [5.41, 5.74) is -0.550. The summed E-state index contributed by atoms with van der Waals surface area (Å²) in [5.74, 6) is -1.01. The molecule has 1 atom stereocenters. The van der Waals surface area contributed by atoms with E-state index in [1.54, 1.807) is 20.8 Å². The van der Waals surface area contributed by atoms with E-state index >= 15 is 0 Å². The lowest BCUT2D eigenvalue weighted by Crippen LogP contribution is -2.32. The van der Waals surface area contributed by atoms with E-state index in [1.165, 1.54) is 13.8 Å². The lowest BCUT2D eigenvalue weighted by atomic mass is 10.2. The lowest BCUT2D eigenvalue weighted by Gasteiger charge is -2.21. The van der Waals surface area contributed by atoms with Crippen molar-refractivity contribution in [1.82, 2.24) is 0 Å². The largest absolute Gasteiger partial charge is 0.457 e. The molecule has 0 saturated heterocycles. The van der Waals surface area contributed by atoms with Crippen molar-refractivity contribution in [1.29, 1.82) is 0 Å². The fourth-order valence-electron chi connectivity index (χ4n) is 0.682. The maximum atomic E-state index is 11.2. The predicted octanol–water partition coefficient (Wildman–Crippen LogP) is 1.28. The van der Waals surface area contributed by atoms with Gasteiger partial charge in [-0.1, -0.05) is 0 Å². The Labute approximate surface area is 78.2 Å². The molecule has 0 heterocycles. The highest BCUT2D eigenvalue weighted by molar-refractivity contribution is 5.78. The van der Waals surface area contributed by atoms with E-state index in [1.807, 2.05) is 0 Å². The molecule has 4 nitrogen and oxygen atoms in total. The van der Waals surface area contributed by atoms with Crippen LogP contribution in [0, 0.1) is 0 Å². The molecule has 4 heteroatoms. The second-order valence-electron chi connectivity index (χ2n) is 3.79. The molecule has 0 bridgehead atoms. The summed E-state index contributed by atoms with van der Waals surface area (Å²) >= 11 is 0. The van der Waals surface area contributed by atoms with Gasteiger partial charge >= 0.3 is 11.9 Å². The Hall–Kier alpha value is -1.06. The van der Waals surface area contributed by atoms with Gasteiger partial charge in [0.2, 0.25) is 0 Å². The molecule has 0 aromatic carbocycles. The van der Waals surface area contributed by atoms with Crippen molar-refractivity contribution in [2.75, 3.05) is 0 Å². The number of carbonyl (C=O) groups is 2. The van der Waals surface area contributed by atoms with Gasteiger partial charge in [-0.05, 0) is 27.7 Å². The van der Waals surface area contributed by atoms with Crippen LogP contribution in [0.15, 0.2) is 0 Å². The number of carbonyl (C=O) groups excluding carboxylic acids is 2. The van der Waals surface area contributed by atoms with Crippen molar-refractivity contribution in [3.8, 4) is 0 Å². The molecule has 0 aliphatic carbocycles. The maximum absolute atomic E-state index is 11.2. The Morgan fingerprint density at radius 1 is 1.23 bits per heavy atom. The smallest absolute Gasteiger partial charge is 0.347 e. The van der Waals surface area contributed by atoms with Gasteiger partial charge in [0.15, 0.2) is 6.10 Å². The first kappa shape index (κ1) is 11.9. The minimum atomic E-state index is -0.836. The molecule has 0 aromatic rings. The van der Waals surface area contributed by atoms with E-state index < -0.39 is 23.6 Å². The van der Waals surface area contributed by atoms with Crippen LogP contribution in [0.1, 0.15) is 34.6 Å². The molecule has 76 valence electrons. The van der Waals surface area contributed by atoms with Crippen molar-refractivity contribution in [2.45, 2.75) is 46.3 Å². The monoisotopic (exact) mass is 188 g/mol. The number of ether oxygens (including phenoxy) is 2. The summed E-state index contributed by atoms with van der Waals surface area (Å²) < 4.78 is 9.63. The number of rotatable bonds is 2. The molecule has 0 rings (SSSR count). The van der Waals surface area contributed by atoms with Gasteiger partial charge in [0, 0.05) is 6.92 Å². The Kier molecular flexibility index (Phi) is 3.91. The van der Waals surface area contributed by atoms with E-state index in [-0.39, 0.29) is 0 Å². The molecular formula is C9H16O4. The van der Waals surface area contributed by atoms with E-state index in [4.69, 9.17) is 4.74 Å². The third-order valence-corrected chi connectivity index (χ3v) is 1.08. The van der Waals surface area contributed by atoms with Crippen molar-refractivity contribution >= 4 is 11.9 Å². The first-order valence-electron chi connectivity index (χ1n) is 4.12.